The Morgan fingerprint density at radius 2 is 1.72 bits per heavy atom. The maximum absolute atomic E-state index is 14.0. The van der Waals surface area contributed by atoms with Crippen molar-refractivity contribution in [3.05, 3.63) is 95.8 Å². The Kier molecular flexibility index (Phi) is 4.83. The summed E-state index contributed by atoms with van der Waals surface area (Å²) in [5, 5.41) is 17.3. The topological polar surface area (TPSA) is 67.2 Å². The Morgan fingerprint density at radius 1 is 1.00 bits per heavy atom. The number of aromatic nitrogens is 2. The average molecular weight is 387 g/mol. The van der Waals surface area contributed by atoms with Gasteiger partial charge in [0.2, 0.25) is 0 Å². The number of anilines is 2. The number of rotatable bonds is 5. The van der Waals surface area contributed by atoms with Crippen molar-refractivity contribution in [1.82, 2.24) is 9.78 Å². The minimum Gasteiger partial charge on any atom is -0.478 e. The van der Waals surface area contributed by atoms with Gasteiger partial charge in [0.25, 0.3) is 0 Å². The summed E-state index contributed by atoms with van der Waals surface area (Å²) in [6, 6.07) is 22.5. The fraction of sp³-hybridized carbons (Fsp3) is 0.0435. The first-order valence-electron chi connectivity index (χ1n) is 9.04. The molecular weight excluding hydrogens is 369 g/mol. The van der Waals surface area contributed by atoms with Crippen LogP contribution in [0.5, 0.6) is 0 Å². The van der Waals surface area contributed by atoms with Gasteiger partial charge in [0, 0.05) is 11.6 Å². The number of aryl methyl sites for hydroxylation is 1. The van der Waals surface area contributed by atoms with Gasteiger partial charge in [-0.25, -0.2) is 13.9 Å². The van der Waals surface area contributed by atoms with Crippen LogP contribution in [0.25, 0.3) is 16.9 Å². The number of carbonyl (C=O) groups is 1. The van der Waals surface area contributed by atoms with E-state index in [0.717, 1.165) is 11.1 Å². The molecular formula is C23H18FN3O2. The van der Waals surface area contributed by atoms with Crippen LogP contribution in [0.2, 0.25) is 0 Å². The van der Waals surface area contributed by atoms with E-state index in [1.165, 1.54) is 18.2 Å². The maximum atomic E-state index is 14.0. The quantitative estimate of drug-likeness (QED) is 0.479. The second-order valence-electron chi connectivity index (χ2n) is 6.60. The van der Waals surface area contributed by atoms with Crippen molar-refractivity contribution >= 4 is 17.5 Å². The Bertz CT molecular complexity index is 1190. The molecule has 4 rings (SSSR count). The summed E-state index contributed by atoms with van der Waals surface area (Å²) in [5.41, 5.74) is 3.55. The number of hydrogen-bond donors (Lipinski definition) is 2. The van der Waals surface area contributed by atoms with Crippen molar-refractivity contribution in [3.63, 3.8) is 0 Å². The number of aromatic carboxylic acids is 1. The summed E-state index contributed by atoms with van der Waals surface area (Å²) < 4.78 is 15.5. The van der Waals surface area contributed by atoms with E-state index >= 15 is 0 Å². The van der Waals surface area contributed by atoms with E-state index in [9.17, 15) is 14.3 Å². The third-order valence-electron chi connectivity index (χ3n) is 4.60. The van der Waals surface area contributed by atoms with E-state index in [2.05, 4.69) is 10.4 Å². The predicted octanol–water partition coefficient (Wildman–Crippen LogP) is 5.43. The summed E-state index contributed by atoms with van der Waals surface area (Å²) in [4.78, 5) is 11.6. The molecule has 0 aliphatic rings. The molecule has 2 N–H and O–H groups in total. The van der Waals surface area contributed by atoms with Gasteiger partial charge in [-0.05, 0) is 36.8 Å². The van der Waals surface area contributed by atoms with Crippen LogP contribution in [0, 0.1) is 12.7 Å². The summed E-state index contributed by atoms with van der Waals surface area (Å²) in [6.07, 6.45) is 0. The van der Waals surface area contributed by atoms with Crippen molar-refractivity contribution < 1.29 is 14.3 Å². The molecule has 5 nitrogen and oxygen atoms in total. The van der Waals surface area contributed by atoms with Crippen LogP contribution < -0.4 is 5.32 Å². The van der Waals surface area contributed by atoms with Crippen molar-refractivity contribution in [2.75, 3.05) is 5.32 Å². The lowest BCUT2D eigenvalue weighted by atomic mass is 10.1. The van der Waals surface area contributed by atoms with Gasteiger partial charge in [0.1, 0.15) is 11.6 Å². The van der Waals surface area contributed by atoms with E-state index in [1.54, 1.807) is 28.9 Å². The molecule has 4 aromatic rings. The van der Waals surface area contributed by atoms with E-state index in [-0.39, 0.29) is 11.4 Å². The molecule has 0 radical (unpaired) electrons. The highest BCUT2D eigenvalue weighted by Gasteiger charge is 2.16. The molecule has 0 fully saturated rings. The van der Waals surface area contributed by atoms with Crippen LogP contribution in [0.3, 0.4) is 0 Å². The highest BCUT2D eigenvalue weighted by Crippen LogP contribution is 2.29. The van der Waals surface area contributed by atoms with E-state index in [4.69, 9.17) is 0 Å². The predicted molar refractivity (Wildman–Crippen MR) is 110 cm³/mol. The lowest BCUT2D eigenvalue weighted by Crippen LogP contribution is -2.07. The first-order valence-corrected chi connectivity index (χ1v) is 9.04. The number of nitrogens with zero attached hydrogens (tertiary/aromatic N) is 2. The van der Waals surface area contributed by atoms with Crippen molar-refractivity contribution in [3.8, 4) is 16.9 Å². The van der Waals surface area contributed by atoms with Crippen molar-refractivity contribution in [2.45, 2.75) is 6.92 Å². The highest BCUT2D eigenvalue weighted by atomic mass is 19.1. The SMILES string of the molecule is Cc1ccc(F)cc1-n1nc(-c2ccccc2)cc1Nc1ccccc1C(=O)O. The lowest BCUT2D eigenvalue weighted by molar-refractivity contribution is 0.0698. The second-order valence-corrected chi connectivity index (χ2v) is 6.60. The van der Waals surface area contributed by atoms with Gasteiger partial charge in [-0.2, -0.15) is 5.10 Å². The first-order chi connectivity index (χ1) is 14.0. The molecule has 1 aromatic heterocycles. The fourth-order valence-electron chi connectivity index (χ4n) is 3.13. The monoisotopic (exact) mass is 387 g/mol. The van der Waals surface area contributed by atoms with Crippen LogP contribution in [-0.2, 0) is 0 Å². The van der Waals surface area contributed by atoms with Gasteiger partial charge in [-0.1, -0.05) is 48.5 Å². The second kappa shape index (κ2) is 7.59. The zero-order valence-electron chi connectivity index (χ0n) is 15.6. The van der Waals surface area contributed by atoms with E-state index in [1.807, 2.05) is 43.3 Å². The number of nitrogens with one attached hydrogen (secondary N) is 1. The van der Waals surface area contributed by atoms with Gasteiger partial charge >= 0.3 is 5.97 Å². The molecule has 6 heteroatoms. The van der Waals surface area contributed by atoms with E-state index in [0.29, 0.717) is 22.9 Å². The van der Waals surface area contributed by atoms with Crippen LogP contribution in [0.4, 0.5) is 15.9 Å². The minimum atomic E-state index is -1.04. The normalized spacial score (nSPS) is 10.7. The molecule has 0 saturated heterocycles. The van der Waals surface area contributed by atoms with Crippen LogP contribution in [-0.4, -0.2) is 20.9 Å². The van der Waals surface area contributed by atoms with Gasteiger partial charge in [0.15, 0.2) is 0 Å². The Labute approximate surface area is 167 Å². The average Bonchev–Trinajstić information content (AvgIpc) is 3.14. The van der Waals surface area contributed by atoms with E-state index < -0.39 is 5.97 Å². The standard InChI is InChI=1S/C23H18FN3O2/c1-15-11-12-17(24)13-21(15)27-22(14-20(26-27)16-7-3-2-4-8-16)25-19-10-6-5-9-18(19)23(28)29/h2-14,25H,1H3,(H,28,29). The number of benzene rings is 3. The Morgan fingerprint density at radius 3 is 2.48 bits per heavy atom. The summed E-state index contributed by atoms with van der Waals surface area (Å²) >= 11 is 0. The molecule has 0 atom stereocenters. The number of carboxylic acid groups (broad SMARTS) is 1. The molecule has 0 aliphatic heterocycles. The summed E-state index contributed by atoms with van der Waals surface area (Å²) in [7, 11) is 0. The number of carboxylic acids is 1. The smallest absolute Gasteiger partial charge is 0.337 e. The summed E-state index contributed by atoms with van der Waals surface area (Å²) in [5.74, 6) is -0.880. The number of hydrogen-bond acceptors (Lipinski definition) is 3. The van der Waals surface area contributed by atoms with Crippen LogP contribution >= 0.6 is 0 Å². The van der Waals surface area contributed by atoms with Crippen molar-refractivity contribution in [2.24, 2.45) is 0 Å². The largest absolute Gasteiger partial charge is 0.478 e. The molecule has 29 heavy (non-hydrogen) atoms. The van der Waals surface area contributed by atoms with Gasteiger partial charge in [-0.3, -0.25) is 0 Å². The maximum Gasteiger partial charge on any atom is 0.337 e. The molecule has 144 valence electrons. The zero-order chi connectivity index (χ0) is 20.4. The highest BCUT2D eigenvalue weighted by molar-refractivity contribution is 5.95. The Hall–Kier alpha value is -3.93. The number of halogens is 1. The first kappa shape index (κ1) is 18.4. The molecule has 0 spiro atoms. The fourth-order valence-corrected chi connectivity index (χ4v) is 3.13. The van der Waals surface area contributed by atoms with Crippen LogP contribution in [0.15, 0.2) is 78.9 Å². The summed E-state index contributed by atoms with van der Waals surface area (Å²) in [6.45, 7) is 1.87. The molecule has 0 unspecified atom stereocenters. The van der Waals surface area contributed by atoms with Gasteiger partial charge in [0.05, 0.1) is 22.6 Å². The molecule has 3 aromatic carbocycles. The third-order valence-corrected chi connectivity index (χ3v) is 4.60. The Balaban J connectivity index is 1.87. The molecule has 0 aliphatic carbocycles. The van der Waals surface area contributed by atoms with Crippen molar-refractivity contribution in [1.29, 1.82) is 0 Å². The van der Waals surface area contributed by atoms with Gasteiger partial charge in [-0.15, -0.1) is 0 Å². The molecule has 0 amide bonds. The molecule has 0 bridgehead atoms. The zero-order valence-corrected chi connectivity index (χ0v) is 15.6. The molecule has 1 heterocycles. The van der Waals surface area contributed by atoms with Crippen LogP contribution in [0.1, 0.15) is 15.9 Å². The molecule has 0 saturated carbocycles. The third kappa shape index (κ3) is 3.73. The lowest BCUT2D eigenvalue weighted by Gasteiger charge is -2.13. The number of para-hydroxylation sites is 1. The van der Waals surface area contributed by atoms with Gasteiger partial charge < -0.3 is 10.4 Å². The minimum absolute atomic E-state index is 0.137.